The van der Waals surface area contributed by atoms with Crippen LogP contribution in [0.5, 0.6) is 0 Å². The molecule has 2 aliphatic rings. The Hall–Kier alpha value is -2.14. The van der Waals surface area contributed by atoms with E-state index in [-0.39, 0.29) is 11.3 Å². The van der Waals surface area contributed by atoms with Gasteiger partial charge >= 0.3 is 0 Å². The lowest BCUT2D eigenvalue weighted by atomic mass is 9.79. The summed E-state index contributed by atoms with van der Waals surface area (Å²) in [6.45, 7) is 3.14. The van der Waals surface area contributed by atoms with E-state index >= 15 is 0 Å². The molecule has 4 rings (SSSR count). The zero-order valence-electron chi connectivity index (χ0n) is 13.1. The smallest absolute Gasteiger partial charge is 0.222 e. The minimum atomic E-state index is 0.197. The quantitative estimate of drug-likeness (QED) is 0.874. The summed E-state index contributed by atoms with van der Waals surface area (Å²) < 4.78 is 7.41. The Labute approximate surface area is 135 Å². The third-order valence-corrected chi connectivity index (χ3v) is 5.01. The second kappa shape index (κ2) is 5.81. The lowest BCUT2D eigenvalue weighted by Crippen LogP contribution is -2.46. The lowest BCUT2D eigenvalue weighted by Gasteiger charge is -2.39. The van der Waals surface area contributed by atoms with Crippen LogP contribution in [-0.4, -0.2) is 40.3 Å². The van der Waals surface area contributed by atoms with Gasteiger partial charge in [0.1, 0.15) is 0 Å². The zero-order chi connectivity index (χ0) is 15.7. The number of rotatable bonds is 3. The molecule has 1 aromatic carbocycles. The number of hydrogen-bond donors (Lipinski definition) is 0. The molecule has 2 fully saturated rings. The van der Waals surface area contributed by atoms with Crippen LogP contribution in [0.4, 0.5) is 0 Å². The fourth-order valence-corrected chi connectivity index (χ4v) is 3.61. The average molecular weight is 311 g/mol. The molecule has 1 amide bonds. The Kier molecular flexibility index (Phi) is 3.65. The van der Waals surface area contributed by atoms with Crippen molar-refractivity contribution in [3.63, 3.8) is 0 Å². The first-order valence-corrected chi connectivity index (χ1v) is 8.19. The molecule has 0 unspecified atom stereocenters. The molecule has 0 bridgehead atoms. The molecular formula is C18H21N3O2. The van der Waals surface area contributed by atoms with Crippen LogP contribution in [0.1, 0.15) is 24.8 Å². The van der Waals surface area contributed by atoms with E-state index in [2.05, 4.69) is 17.2 Å². The molecule has 0 aliphatic carbocycles. The van der Waals surface area contributed by atoms with Crippen molar-refractivity contribution in [1.82, 2.24) is 14.7 Å². The summed E-state index contributed by atoms with van der Waals surface area (Å²) >= 11 is 0. The lowest BCUT2D eigenvalue weighted by molar-refractivity contribution is -0.138. The van der Waals surface area contributed by atoms with Crippen LogP contribution in [0.15, 0.2) is 42.7 Å². The van der Waals surface area contributed by atoms with Crippen molar-refractivity contribution in [3.8, 4) is 5.69 Å². The van der Waals surface area contributed by atoms with Crippen LogP contribution in [0, 0.1) is 5.41 Å². The van der Waals surface area contributed by atoms with Gasteiger partial charge in [-0.25, -0.2) is 4.68 Å². The number of ether oxygens (including phenoxy) is 1. The van der Waals surface area contributed by atoms with Crippen molar-refractivity contribution in [1.29, 1.82) is 0 Å². The highest BCUT2D eigenvalue weighted by Gasteiger charge is 2.41. The second-order valence-electron chi connectivity index (χ2n) is 6.67. The van der Waals surface area contributed by atoms with Gasteiger partial charge < -0.3 is 9.64 Å². The molecule has 1 atom stereocenters. The van der Waals surface area contributed by atoms with E-state index in [9.17, 15) is 4.79 Å². The van der Waals surface area contributed by atoms with E-state index in [4.69, 9.17) is 4.74 Å². The predicted molar refractivity (Wildman–Crippen MR) is 86.1 cm³/mol. The van der Waals surface area contributed by atoms with Crippen molar-refractivity contribution >= 4 is 5.91 Å². The summed E-state index contributed by atoms with van der Waals surface area (Å²) in [5.41, 5.74) is 2.39. The topological polar surface area (TPSA) is 47.4 Å². The number of nitrogens with zero attached hydrogens (tertiary/aromatic N) is 3. The maximum Gasteiger partial charge on any atom is 0.222 e. The zero-order valence-corrected chi connectivity index (χ0v) is 13.1. The molecule has 0 saturated carbocycles. The number of carbonyl (C=O) groups is 1. The van der Waals surface area contributed by atoms with Gasteiger partial charge in [-0.1, -0.05) is 12.1 Å². The Balaban J connectivity index is 1.47. The summed E-state index contributed by atoms with van der Waals surface area (Å²) in [6, 6.07) is 10.2. The highest BCUT2D eigenvalue weighted by atomic mass is 16.5. The SMILES string of the molecule is O=C1CC[C@@]2(CCOC2)CN1Cc1ccc(-n2cccn2)cc1. The molecule has 2 saturated heterocycles. The van der Waals surface area contributed by atoms with Gasteiger partial charge in [0, 0.05) is 43.9 Å². The van der Waals surface area contributed by atoms with Crippen LogP contribution >= 0.6 is 0 Å². The van der Waals surface area contributed by atoms with E-state index in [1.54, 1.807) is 6.20 Å². The molecule has 2 aromatic rings. The number of hydrogen-bond acceptors (Lipinski definition) is 3. The van der Waals surface area contributed by atoms with E-state index in [1.807, 2.05) is 34.0 Å². The Morgan fingerprint density at radius 1 is 1.22 bits per heavy atom. The van der Waals surface area contributed by atoms with Gasteiger partial charge in [-0.2, -0.15) is 5.10 Å². The molecule has 23 heavy (non-hydrogen) atoms. The molecule has 2 aliphatic heterocycles. The van der Waals surface area contributed by atoms with E-state index in [0.717, 1.165) is 43.9 Å². The fraction of sp³-hybridized carbons (Fsp3) is 0.444. The monoisotopic (exact) mass is 311 g/mol. The van der Waals surface area contributed by atoms with Crippen molar-refractivity contribution in [2.24, 2.45) is 5.41 Å². The minimum absolute atomic E-state index is 0.197. The second-order valence-corrected chi connectivity index (χ2v) is 6.67. The maximum absolute atomic E-state index is 12.3. The van der Waals surface area contributed by atoms with Crippen LogP contribution in [0.25, 0.3) is 5.69 Å². The number of piperidine rings is 1. The van der Waals surface area contributed by atoms with Gasteiger partial charge in [0.25, 0.3) is 0 Å². The van der Waals surface area contributed by atoms with Crippen LogP contribution < -0.4 is 0 Å². The first-order chi connectivity index (χ1) is 11.2. The molecule has 120 valence electrons. The summed E-state index contributed by atoms with van der Waals surface area (Å²) in [7, 11) is 0. The fourth-order valence-electron chi connectivity index (χ4n) is 3.61. The standard InChI is InChI=1S/C18H21N3O2/c22-17-6-7-18(8-11-23-14-18)13-20(17)12-15-2-4-16(5-3-15)21-10-1-9-19-21/h1-5,9-10H,6-8,11-14H2/t18-/m1/s1. The third-order valence-electron chi connectivity index (χ3n) is 5.01. The van der Waals surface area contributed by atoms with Gasteiger partial charge in [0.05, 0.1) is 12.3 Å². The molecule has 1 spiro atoms. The Morgan fingerprint density at radius 2 is 2.09 bits per heavy atom. The molecule has 1 aromatic heterocycles. The van der Waals surface area contributed by atoms with Gasteiger partial charge in [-0.15, -0.1) is 0 Å². The number of aromatic nitrogens is 2. The highest BCUT2D eigenvalue weighted by Crippen LogP contribution is 2.38. The van der Waals surface area contributed by atoms with E-state index in [0.29, 0.717) is 13.0 Å². The van der Waals surface area contributed by atoms with E-state index < -0.39 is 0 Å². The van der Waals surface area contributed by atoms with Crippen molar-refractivity contribution in [2.75, 3.05) is 19.8 Å². The first-order valence-electron chi connectivity index (χ1n) is 8.19. The normalized spacial score (nSPS) is 24.5. The van der Waals surface area contributed by atoms with Crippen LogP contribution in [-0.2, 0) is 16.1 Å². The first kappa shape index (κ1) is 14.5. The summed E-state index contributed by atoms with van der Waals surface area (Å²) in [4.78, 5) is 14.3. The Bertz CT molecular complexity index is 673. The highest BCUT2D eigenvalue weighted by molar-refractivity contribution is 5.77. The minimum Gasteiger partial charge on any atom is -0.381 e. The molecule has 5 nitrogen and oxygen atoms in total. The largest absolute Gasteiger partial charge is 0.381 e. The predicted octanol–water partition coefficient (Wildman–Crippen LogP) is 2.40. The number of benzene rings is 1. The van der Waals surface area contributed by atoms with Crippen LogP contribution in [0.2, 0.25) is 0 Å². The van der Waals surface area contributed by atoms with Crippen molar-refractivity contribution in [3.05, 3.63) is 48.3 Å². The van der Waals surface area contributed by atoms with Gasteiger partial charge in [-0.3, -0.25) is 4.79 Å². The van der Waals surface area contributed by atoms with Gasteiger partial charge in [0.2, 0.25) is 5.91 Å². The summed E-state index contributed by atoms with van der Waals surface area (Å²) in [6.07, 6.45) is 6.39. The average Bonchev–Trinajstić information content (AvgIpc) is 3.24. The van der Waals surface area contributed by atoms with Crippen molar-refractivity contribution in [2.45, 2.75) is 25.8 Å². The summed E-state index contributed by atoms with van der Waals surface area (Å²) in [5.74, 6) is 0.263. The summed E-state index contributed by atoms with van der Waals surface area (Å²) in [5, 5.41) is 4.23. The maximum atomic E-state index is 12.3. The van der Waals surface area contributed by atoms with Crippen LogP contribution in [0.3, 0.4) is 0 Å². The molecule has 3 heterocycles. The molecule has 0 N–H and O–H groups in total. The third kappa shape index (κ3) is 2.88. The number of likely N-dealkylation sites (tertiary alicyclic amines) is 1. The molecule has 5 heteroatoms. The number of carbonyl (C=O) groups excluding carboxylic acids is 1. The number of amides is 1. The molecule has 0 radical (unpaired) electrons. The Morgan fingerprint density at radius 3 is 2.78 bits per heavy atom. The van der Waals surface area contributed by atoms with Gasteiger partial charge in [0.15, 0.2) is 0 Å². The van der Waals surface area contributed by atoms with Crippen molar-refractivity contribution < 1.29 is 9.53 Å². The molecular weight excluding hydrogens is 290 g/mol. The van der Waals surface area contributed by atoms with Gasteiger partial charge in [-0.05, 0) is 36.6 Å². The van der Waals surface area contributed by atoms with E-state index in [1.165, 1.54) is 0 Å².